The number of likely N-dealkylation sites (tertiary alicyclic amines) is 2. The van der Waals surface area contributed by atoms with Gasteiger partial charge < -0.3 is 41.0 Å². The molecule has 326 valence electrons. The van der Waals surface area contributed by atoms with Gasteiger partial charge in [0, 0.05) is 72.5 Å². The number of hydrogen-bond acceptors (Lipinski definition) is 6. The summed E-state index contributed by atoms with van der Waals surface area (Å²) in [5.74, 6) is -0.695. The van der Waals surface area contributed by atoms with Crippen LogP contribution in [-0.2, 0) is 45.1 Å². The lowest BCUT2D eigenvalue weighted by Gasteiger charge is -2.31. The van der Waals surface area contributed by atoms with E-state index in [1.807, 2.05) is 37.5 Å². The first kappa shape index (κ1) is 44.9. The van der Waals surface area contributed by atoms with Crippen LogP contribution in [0.4, 0.5) is 0 Å². The largest absolute Gasteiger partial charge is 0.347 e. The maximum atomic E-state index is 13.8. The van der Waals surface area contributed by atoms with E-state index in [-0.39, 0.29) is 47.5 Å². The molecule has 0 bridgehead atoms. The molecule has 6 rings (SSSR count). The van der Waals surface area contributed by atoms with Crippen molar-refractivity contribution in [3.8, 4) is 0 Å². The SMILES string of the molecule is CC(C)[C@H](NC(=O)[C@H](C)N)C(=O)N1CCC[C@@H]1Cc1cn(CCCCCCn2cc(C[C@@H]3CCCN3C(=O)[C@@H](NC(=O)[C@H](C)N)C(C)C)c3ccccc32)c2ccccc12. The molecule has 2 aliphatic heterocycles. The number of fused-ring (bicyclic) bond motifs is 2. The van der Waals surface area contributed by atoms with Gasteiger partial charge in [0.2, 0.25) is 23.6 Å². The van der Waals surface area contributed by atoms with Crippen molar-refractivity contribution in [3.05, 3.63) is 72.1 Å². The molecule has 6 atom stereocenters. The summed E-state index contributed by atoms with van der Waals surface area (Å²) in [4.78, 5) is 56.6. The number of carbonyl (C=O) groups excluding carboxylic acids is 4. The monoisotopic (exact) mass is 823 g/mol. The molecule has 0 aliphatic carbocycles. The van der Waals surface area contributed by atoms with E-state index in [2.05, 4.69) is 80.7 Å². The Labute approximate surface area is 356 Å². The number of nitrogens with zero attached hydrogens (tertiary/aromatic N) is 4. The summed E-state index contributed by atoms with van der Waals surface area (Å²) in [6.45, 7) is 14.4. The van der Waals surface area contributed by atoms with E-state index >= 15 is 0 Å². The predicted molar refractivity (Wildman–Crippen MR) is 240 cm³/mol. The van der Waals surface area contributed by atoms with Crippen molar-refractivity contribution in [2.75, 3.05) is 13.1 Å². The van der Waals surface area contributed by atoms with Gasteiger partial charge in [0.1, 0.15) is 12.1 Å². The molecule has 2 aromatic heterocycles. The van der Waals surface area contributed by atoms with E-state index < -0.39 is 24.2 Å². The molecule has 4 aromatic rings. The van der Waals surface area contributed by atoms with E-state index in [0.29, 0.717) is 13.1 Å². The normalized spacial score (nSPS) is 19.0. The van der Waals surface area contributed by atoms with Crippen LogP contribution in [0.5, 0.6) is 0 Å². The average Bonchev–Trinajstić information content (AvgIpc) is 4.03. The van der Waals surface area contributed by atoms with Crippen LogP contribution in [0.1, 0.15) is 104 Å². The Morgan fingerprint density at radius 1 is 0.600 bits per heavy atom. The molecule has 2 saturated heterocycles. The highest BCUT2D eigenvalue weighted by atomic mass is 16.2. The predicted octanol–water partition coefficient (Wildman–Crippen LogP) is 5.90. The summed E-state index contributed by atoms with van der Waals surface area (Å²) in [7, 11) is 0. The van der Waals surface area contributed by atoms with Gasteiger partial charge in [-0.2, -0.15) is 0 Å². The fraction of sp³-hybridized carbons (Fsp3) is 0.583. The number of carbonyl (C=O) groups is 4. The van der Waals surface area contributed by atoms with Crippen LogP contribution in [0.15, 0.2) is 60.9 Å². The molecule has 6 N–H and O–H groups in total. The first-order chi connectivity index (χ1) is 28.7. The summed E-state index contributed by atoms with van der Waals surface area (Å²) in [5.41, 5.74) is 16.6. The third kappa shape index (κ3) is 10.4. The molecule has 60 heavy (non-hydrogen) atoms. The number of amides is 4. The van der Waals surface area contributed by atoms with Gasteiger partial charge in [0.15, 0.2) is 0 Å². The number of benzene rings is 2. The molecule has 0 radical (unpaired) electrons. The second kappa shape index (κ2) is 20.3. The fourth-order valence-electron chi connectivity index (χ4n) is 9.40. The average molecular weight is 823 g/mol. The highest BCUT2D eigenvalue weighted by Crippen LogP contribution is 2.31. The van der Waals surface area contributed by atoms with Gasteiger partial charge in [0.05, 0.1) is 12.1 Å². The molecule has 0 unspecified atom stereocenters. The number of rotatable bonds is 19. The van der Waals surface area contributed by atoms with Crippen molar-refractivity contribution in [1.82, 2.24) is 29.6 Å². The molecule has 4 heterocycles. The van der Waals surface area contributed by atoms with E-state index in [9.17, 15) is 19.2 Å². The molecule has 2 aromatic carbocycles. The van der Waals surface area contributed by atoms with Gasteiger partial charge in [0.25, 0.3) is 0 Å². The fourth-order valence-corrected chi connectivity index (χ4v) is 9.40. The van der Waals surface area contributed by atoms with Crippen molar-refractivity contribution in [2.24, 2.45) is 23.3 Å². The zero-order valence-corrected chi connectivity index (χ0v) is 36.9. The zero-order chi connectivity index (χ0) is 43.1. The van der Waals surface area contributed by atoms with Crippen molar-refractivity contribution < 1.29 is 19.2 Å². The van der Waals surface area contributed by atoms with Gasteiger partial charge in [-0.05, 0) is 100 Å². The Balaban J connectivity index is 1.04. The third-order valence-corrected chi connectivity index (χ3v) is 12.8. The molecule has 12 heteroatoms. The van der Waals surface area contributed by atoms with E-state index in [4.69, 9.17) is 11.5 Å². The summed E-state index contributed by atoms with van der Waals surface area (Å²) in [5, 5.41) is 8.32. The molecule has 2 aliphatic rings. The number of nitrogens with two attached hydrogens (primary N) is 2. The van der Waals surface area contributed by atoms with Crippen molar-refractivity contribution in [3.63, 3.8) is 0 Å². The van der Waals surface area contributed by atoms with Gasteiger partial charge in [-0.1, -0.05) is 76.9 Å². The zero-order valence-electron chi connectivity index (χ0n) is 36.9. The van der Waals surface area contributed by atoms with Gasteiger partial charge >= 0.3 is 0 Å². The van der Waals surface area contributed by atoms with E-state index in [1.165, 1.54) is 32.9 Å². The minimum absolute atomic E-state index is 0.0111. The Morgan fingerprint density at radius 2 is 0.983 bits per heavy atom. The first-order valence-electron chi connectivity index (χ1n) is 22.6. The summed E-state index contributed by atoms with van der Waals surface area (Å²) < 4.78 is 4.79. The van der Waals surface area contributed by atoms with Crippen molar-refractivity contribution in [1.29, 1.82) is 0 Å². The Hall–Kier alpha value is -4.68. The van der Waals surface area contributed by atoms with E-state index in [0.717, 1.165) is 77.3 Å². The smallest absolute Gasteiger partial charge is 0.245 e. The van der Waals surface area contributed by atoms with Crippen molar-refractivity contribution >= 4 is 45.4 Å². The lowest BCUT2D eigenvalue weighted by Crippen LogP contribution is -2.55. The highest BCUT2D eigenvalue weighted by Gasteiger charge is 2.37. The maximum Gasteiger partial charge on any atom is 0.245 e. The second-order valence-corrected chi connectivity index (χ2v) is 18.2. The Bertz CT molecular complexity index is 1950. The quantitative estimate of drug-likeness (QED) is 0.0863. The van der Waals surface area contributed by atoms with Gasteiger partial charge in [-0.25, -0.2) is 0 Å². The topological polar surface area (TPSA) is 161 Å². The highest BCUT2D eigenvalue weighted by molar-refractivity contribution is 5.91. The summed E-state index contributed by atoms with van der Waals surface area (Å²) in [6, 6.07) is 14.9. The number of hydrogen-bond donors (Lipinski definition) is 4. The molecule has 2 fully saturated rings. The molecule has 0 saturated carbocycles. The van der Waals surface area contributed by atoms with Crippen LogP contribution in [-0.4, -0.2) is 91.9 Å². The first-order valence-corrected chi connectivity index (χ1v) is 22.6. The molecular formula is C48H70N8O4. The number of aryl methyl sites for hydroxylation is 2. The maximum absolute atomic E-state index is 13.8. The van der Waals surface area contributed by atoms with E-state index in [1.54, 1.807) is 13.8 Å². The number of para-hydroxylation sites is 2. The molecule has 12 nitrogen and oxygen atoms in total. The van der Waals surface area contributed by atoms with Gasteiger partial charge in [-0.15, -0.1) is 0 Å². The van der Waals surface area contributed by atoms with Crippen LogP contribution in [0, 0.1) is 11.8 Å². The lowest BCUT2D eigenvalue weighted by molar-refractivity contribution is -0.138. The van der Waals surface area contributed by atoms with Crippen molar-refractivity contribution in [2.45, 2.75) is 155 Å². The number of nitrogens with one attached hydrogen (secondary N) is 2. The van der Waals surface area contributed by atoms with Crippen LogP contribution in [0.2, 0.25) is 0 Å². The summed E-state index contributed by atoms with van der Waals surface area (Å²) >= 11 is 0. The van der Waals surface area contributed by atoms with Gasteiger partial charge in [-0.3, -0.25) is 19.2 Å². The molecular weight excluding hydrogens is 753 g/mol. The molecule has 0 spiro atoms. The Kier molecular flexibility index (Phi) is 15.1. The van der Waals surface area contributed by atoms with Crippen LogP contribution < -0.4 is 22.1 Å². The van der Waals surface area contributed by atoms with Crippen LogP contribution in [0.25, 0.3) is 21.8 Å². The minimum Gasteiger partial charge on any atom is -0.347 e. The summed E-state index contributed by atoms with van der Waals surface area (Å²) in [6.07, 6.45) is 14.4. The Morgan fingerprint density at radius 3 is 1.35 bits per heavy atom. The standard InChI is InChI=1S/C48H70N8O4/c1-31(2)43(51-45(57)33(5)49)47(59)55-25-15-17-37(55)27-35-29-53(41-21-11-9-19-39(35)41)23-13-7-8-14-24-54-30-36(40-20-10-12-22-42(40)54)28-38-18-16-26-56(38)48(60)44(32(3)4)52-46(58)34(6)50/h9-12,19-22,29-34,37-38,43-44H,7-8,13-18,23-28,49-50H2,1-6H3,(H,51,57)(H,52,58)/t33-,34-,37-,38+,43-,44-/m0/s1. The third-order valence-electron chi connectivity index (χ3n) is 12.8. The number of aromatic nitrogens is 2. The van der Waals surface area contributed by atoms with Crippen LogP contribution in [0.3, 0.4) is 0 Å². The lowest BCUT2D eigenvalue weighted by atomic mass is 9.99. The molecule has 4 amide bonds. The second-order valence-electron chi connectivity index (χ2n) is 18.2. The number of unbranched alkanes of at least 4 members (excludes halogenated alkanes) is 3. The minimum atomic E-state index is -0.666. The van der Waals surface area contributed by atoms with Crippen LogP contribution >= 0.6 is 0 Å².